The highest BCUT2D eigenvalue weighted by Gasteiger charge is 2.01. The number of hydrogen-bond donors (Lipinski definition) is 0. The van der Waals surface area contributed by atoms with Crippen molar-refractivity contribution in [2.24, 2.45) is 0 Å². The Morgan fingerprint density at radius 1 is 1.05 bits per heavy atom. The molecule has 0 amide bonds. The highest BCUT2D eigenvalue weighted by molar-refractivity contribution is 5.74. The average molecular weight is 249 g/mol. The van der Waals surface area contributed by atoms with E-state index in [0.29, 0.717) is 0 Å². The summed E-state index contributed by atoms with van der Waals surface area (Å²) < 4.78 is 1.92. The molecule has 0 aliphatic rings. The summed E-state index contributed by atoms with van der Waals surface area (Å²) in [7, 11) is 0. The molecular formula is C16H15N3. The summed E-state index contributed by atoms with van der Waals surface area (Å²) >= 11 is 0. The topological polar surface area (TPSA) is 30.7 Å². The van der Waals surface area contributed by atoms with Crippen LogP contribution in [0.15, 0.2) is 60.7 Å². The third kappa shape index (κ3) is 2.40. The number of rotatable bonds is 3. The van der Waals surface area contributed by atoms with Gasteiger partial charge in [0.15, 0.2) is 0 Å². The van der Waals surface area contributed by atoms with E-state index in [1.54, 1.807) is 0 Å². The van der Waals surface area contributed by atoms with Gasteiger partial charge in [-0.1, -0.05) is 53.8 Å². The number of para-hydroxylation sites is 1. The molecule has 0 aliphatic heterocycles. The molecule has 3 aromatic rings. The molecule has 0 spiro atoms. The highest BCUT2D eigenvalue weighted by atomic mass is 15.4. The van der Waals surface area contributed by atoms with Crippen molar-refractivity contribution in [3.63, 3.8) is 0 Å². The molecule has 94 valence electrons. The van der Waals surface area contributed by atoms with Gasteiger partial charge in [-0.15, -0.1) is 5.10 Å². The van der Waals surface area contributed by atoms with Crippen LogP contribution in [0.4, 0.5) is 0 Å². The number of benzene rings is 2. The first-order valence-corrected chi connectivity index (χ1v) is 6.35. The fourth-order valence-electron chi connectivity index (χ4n) is 2.09. The molecule has 3 rings (SSSR count). The lowest BCUT2D eigenvalue weighted by atomic mass is 10.1. The molecule has 2 aromatic carbocycles. The van der Waals surface area contributed by atoms with Crippen molar-refractivity contribution < 1.29 is 0 Å². The van der Waals surface area contributed by atoms with Gasteiger partial charge in [0, 0.05) is 0 Å². The van der Waals surface area contributed by atoms with Gasteiger partial charge in [0.25, 0.3) is 0 Å². The van der Waals surface area contributed by atoms with Crippen molar-refractivity contribution in [1.82, 2.24) is 15.0 Å². The first-order chi connectivity index (χ1) is 9.34. The van der Waals surface area contributed by atoms with Crippen molar-refractivity contribution in [3.05, 3.63) is 66.2 Å². The largest absolute Gasteiger partial charge is 0.241 e. The third-order valence-electron chi connectivity index (χ3n) is 3.22. The van der Waals surface area contributed by atoms with Crippen molar-refractivity contribution in [2.75, 3.05) is 0 Å². The Balaban J connectivity index is 1.86. The van der Waals surface area contributed by atoms with Gasteiger partial charge in [0.2, 0.25) is 0 Å². The lowest BCUT2D eigenvalue weighted by molar-refractivity contribution is 0.683. The molecular weight excluding hydrogens is 234 g/mol. The SMILES string of the molecule is C/C(=C/Cn1nnc2ccccc21)c1ccccc1. The summed E-state index contributed by atoms with van der Waals surface area (Å²) in [6.45, 7) is 2.86. The third-order valence-corrected chi connectivity index (χ3v) is 3.22. The Morgan fingerprint density at radius 2 is 1.79 bits per heavy atom. The quantitative estimate of drug-likeness (QED) is 0.711. The van der Waals surface area contributed by atoms with Crippen LogP contribution in [-0.4, -0.2) is 15.0 Å². The monoisotopic (exact) mass is 249 g/mol. The smallest absolute Gasteiger partial charge is 0.113 e. The van der Waals surface area contributed by atoms with Gasteiger partial charge in [0.05, 0.1) is 12.1 Å². The van der Waals surface area contributed by atoms with Gasteiger partial charge in [0.1, 0.15) is 5.52 Å². The number of aromatic nitrogens is 3. The predicted octanol–water partition coefficient (Wildman–Crippen LogP) is 3.53. The van der Waals surface area contributed by atoms with Crippen LogP contribution >= 0.6 is 0 Å². The number of hydrogen-bond acceptors (Lipinski definition) is 2. The number of nitrogens with zero attached hydrogens (tertiary/aromatic N) is 3. The maximum atomic E-state index is 4.18. The molecule has 3 nitrogen and oxygen atoms in total. The predicted molar refractivity (Wildman–Crippen MR) is 77.6 cm³/mol. The van der Waals surface area contributed by atoms with E-state index < -0.39 is 0 Å². The van der Waals surface area contributed by atoms with E-state index in [1.165, 1.54) is 11.1 Å². The van der Waals surface area contributed by atoms with Gasteiger partial charge in [-0.2, -0.15) is 0 Å². The maximum Gasteiger partial charge on any atom is 0.113 e. The fraction of sp³-hybridized carbons (Fsp3) is 0.125. The van der Waals surface area contributed by atoms with Gasteiger partial charge < -0.3 is 0 Å². The van der Waals surface area contributed by atoms with E-state index >= 15 is 0 Å². The summed E-state index contributed by atoms with van der Waals surface area (Å²) in [4.78, 5) is 0. The molecule has 0 unspecified atom stereocenters. The van der Waals surface area contributed by atoms with Crippen LogP contribution in [-0.2, 0) is 6.54 Å². The first kappa shape index (κ1) is 11.7. The molecule has 19 heavy (non-hydrogen) atoms. The van der Waals surface area contributed by atoms with Crippen molar-refractivity contribution in [3.8, 4) is 0 Å². The molecule has 0 fully saturated rings. The zero-order valence-electron chi connectivity index (χ0n) is 10.8. The van der Waals surface area contributed by atoms with E-state index in [4.69, 9.17) is 0 Å². The minimum absolute atomic E-state index is 0.737. The van der Waals surface area contributed by atoms with Gasteiger partial charge in [-0.25, -0.2) is 4.68 Å². The Labute approximate surface area is 112 Å². The molecule has 0 atom stereocenters. The van der Waals surface area contributed by atoms with E-state index in [-0.39, 0.29) is 0 Å². The van der Waals surface area contributed by atoms with Crippen LogP contribution < -0.4 is 0 Å². The van der Waals surface area contributed by atoms with Crippen molar-refractivity contribution in [2.45, 2.75) is 13.5 Å². The van der Waals surface area contributed by atoms with E-state index in [1.807, 2.05) is 35.0 Å². The van der Waals surface area contributed by atoms with Crippen LogP contribution in [0.25, 0.3) is 16.6 Å². The average Bonchev–Trinajstić information content (AvgIpc) is 2.89. The molecule has 0 bridgehead atoms. The Bertz CT molecular complexity index is 711. The summed E-state index contributed by atoms with van der Waals surface area (Å²) in [5.41, 5.74) is 4.50. The second-order valence-electron chi connectivity index (χ2n) is 4.51. The number of fused-ring (bicyclic) bond motifs is 1. The lowest BCUT2D eigenvalue weighted by Gasteiger charge is -2.02. The molecule has 1 heterocycles. The minimum Gasteiger partial charge on any atom is -0.241 e. The van der Waals surface area contributed by atoms with Gasteiger partial charge >= 0.3 is 0 Å². The van der Waals surface area contributed by atoms with Gasteiger partial charge in [-0.05, 0) is 30.2 Å². The van der Waals surface area contributed by atoms with Crippen LogP contribution in [0.2, 0.25) is 0 Å². The molecule has 0 saturated heterocycles. The Hall–Kier alpha value is -2.42. The van der Waals surface area contributed by atoms with E-state index in [9.17, 15) is 0 Å². The molecule has 0 N–H and O–H groups in total. The minimum atomic E-state index is 0.737. The standard InChI is InChI=1S/C16H15N3/c1-13(14-7-3-2-4-8-14)11-12-19-16-10-6-5-9-15(16)17-18-19/h2-11H,12H2,1H3/b13-11-. The zero-order valence-corrected chi connectivity index (χ0v) is 10.8. The maximum absolute atomic E-state index is 4.18. The fourth-order valence-corrected chi connectivity index (χ4v) is 2.09. The van der Waals surface area contributed by atoms with Crippen LogP contribution in [0.3, 0.4) is 0 Å². The molecule has 0 aliphatic carbocycles. The summed E-state index contributed by atoms with van der Waals surface area (Å²) in [5, 5.41) is 8.34. The molecule has 0 saturated carbocycles. The summed E-state index contributed by atoms with van der Waals surface area (Å²) in [6, 6.07) is 18.4. The molecule has 1 aromatic heterocycles. The van der Waals surface area contributed by atoms with Gasteiger partial charge in [-0.3, -0.25) is 0 Å². The lowest BCUT2D eigenvalue weighted by Crippen LogP contribution is -1.98. The normalized spacial score (nSPS) is 11.9. The summed E-state index contributed by atoms with van der Waals surface area (Å²) in [6.07, 6.45) is 2.18. The van der Waals surface area contributed by atoms with Crippen LogP contribution in [0, 0.1) is 0 Å². The first-order valence-electron chi connectivity index (χ1n) is 6.35. The Morgan fingerprint density at radius 3 is 2.63 bits per heavy atom. The zero-order chi connectivity index (χ0) is 13.1. The second-order valence-corrected chi connectivity index (χ2v) is 4.51. The number of allylic oxidation sites excluding steroid dienone is 2. The van der Waals surface area contributed by atoms with Crippen LogP contribution in [0.5, 0.6) is 0 Å². The van der Waals surface area contributed by atoms with Crippen LogP contribution in [0.1, 0.15) is 12.5 Å². The van der Waals surface area contributed by atoms with E-state index in [0.717, 1.165) is 17.6 Å². The highest BCUT2D eigenvalue weighted by Crippen LogP contribution is 2.14. The summed E-state index contributed by atoms with van der Waals surface area (Å²) in [5.74, 6) is 0. The Kier molecular flexibility index (Phi) is 3.11. The molecule has 0 radical (unpaired) electrons. The van der Waals surface area contributed by atoms with Crippen molar-refractivity contribution in [1.29, 1.82) is 0 Å². The molecule has 3 heteroatoms. The van der Waals surface area contributed by atoms with Crippen molar-refractivity contribution >= 4 is 16.6 Å². The van der Waals surface area contributed by atoms with E-state index in [2.05, 4.69) is 47.6 Å². The second kappa shape index (κ2) is 5.06.